The molecule has 1 saturated heterocycles. The number of hydrazone groups is 1. The van der Waals surface area contributed by atoms with Crippen LogP contribution in [0.5, 0.6) is 0 Å². The van der Waals surface area contributed by atoms with Crippen LogP contribution in [0.3, 0.4) is 0 Å². The van der Waals surface area contributed by atoms with Gasteiger partial charge >= 0.3 is 0 Å². The van der Waals surface area contributed by atoms with Crippen LogP contribution in [-0.4, -0.2) is 37.4 Å². The van der Waals surface area contributed by atoms with Crippen LogP contribution >= 0.6 is 0 Å². The summed E-state index contributed by atoms with van der Waals surface area (Å²) >= 11 is 0. The molecule has 0 saturated carbocycles. The normalized spacial score (nSPS) is 20.3. The lowest BCUT2D eigenvalue weighted by atomic mass is 10.4. The van der Waals surface area contributed by atoms with Gasteiger partial charge in [-0.05, 0) is 6.42 Å². The fourth-order valence-electron chi connectivity index (χ4n) is 0.966. The number of nitrogens with zero attached hydrogens (tertiary/aromatic N) is 2. The molecule has 0 aromatic rings. The van der Waals surface area contributed by atoms with E-state index in [1.165, 1.54) is 0 Å². The Kier molecular flexibility index (Phi) is 3.22. The SMILES string of the molecule is CC/C=N/N1CCNCC1. The predicted octanol–water partition coefficient (Wildman–Crippen LogP) is 0.287. The van der Waals surface area contributed by atoms with E-state index in [4.69, 9.17) is 0 Å². The van der Waals surface area contributed by atoms with Gasteiger partial charge in [0.1, 0.15) is 0 Å². The van der Waals surface area contributed by atoms with E-state index in [-0.39, 0.29) is 0 Å². The molecule has 3 heteroatoms. The molecule has 0 atom stereocenters. The molecule has 1 aliphatic rings. The summed E-state index contributed by atoms with van der Waals surface area (Å²) in [6.07, 6.45) is 3.00. The summed E-state index contributed by atoms with van der Waals surface area (Å²) in [5.41, 5.74) is 0. The van der Waals surface area contributed by atoms with Crippen molar-refractivity contribution in [2.24, 2.45) is 5.10 Å². The minimum atomic E-state index is 1.03. The minimum Gasteiger partial charge on any atom is -0.313 e. The maximum absolute atomic E-state index is 4.27. The molecule has 0 bridgehead atoms. The largest absolute Gasteiger partial charge is 0.313 e. The van der Waals surface area contributed by atoms with Crippen molar-refractivity contribution < 1.29 is 0 Å². The standard InChI is InChI=1S/C7H15N3/c1-2-3-9-10-6-4-8-5-7-10/h3,8H,2,4-7H2,1H3/b9-3+. The van der Waals surface area contributed by atoms with Crippen LogP contribution in [0.1, 0.15) is 13.3 Å². The van der Waals surface area contributed by atoms with Crippen LogP contribution in [0.25, 0.3) is 0 Å². The Hall–Kier alpha value is -0.570. The number of nitrogens with one attached hydrogen (secondary N) is 1. The molecule has 1 fully saturated rings. The summed E-state index contributed by atoms with van der Waals surface area (Å²) in [6.45, 7) is 6.35. The molecule has 0 unspecified atom stereocenters. The van der Waals surface area contributed by atoms with Gasteiger partial charge in [0.25, 0.3) is 0 Å². The van der Waals surface area contributed by atoms with Crippen LogP contribution in [0.4, 0.5) is 0 Å². The van der Waals surface area contributed by atoms with E-state index < -0.39 is 0 Å². The molecule has 10 heavy (non-hydrogen) atoms. The van der Waals surface area contributed by atoms with Gasteiger partial charge in [-0.15, -0.1) is 0 Å². The number of hydrogen-bond acceptors (Lipinski definition) is 3. The van der Waals surface area contributed by atoms with Crippen molar-refractivity contribution in [2.45, 2.75) is 13.3 Å². The summed E-state index contributed by atoms with van der Waals surface area (Å²) in [4.78, 5) is 0. The molecule has 0 amide bonds. The highest BCUT2D eigenvalue weighted by Gasteiger charge is 2.03. The average molecular weight is 141 g/mol. The molecular formula is C7H15N3. The monoisotopic (exact) mass is 141 g/mol. The third-order valence-corrected chi connectivity index (χ3v) is 1.52. The van der Waals surface area contributed by atoms with Gasteiger partial charge in [-0.25, -0.2) is 0 Å². The molecule has 3 nitrogen and oxygen atoms in total. The zero-order valence-corrected chi connectivity index (χ0v) is 6.51. The smallest absolute Gasteiger partial charge is 0.0485 e. The Morgan fingerprint density at radius 1 is 1.50 bits per heavy atom. The zero-order chi connectivity index (χ0) is 7.23. The second-order valence-electron chi connectivity index (χ2n) is 2.41. The Labute approximate surface area is 62.1 Å². The fraction of sp³-hybridized carbons (Fsp3) is 0.857. The second kappa shape index (κ2) is 4.28. The van der Waals surface area contributed by atoms with E-state index in [1.807, 2.05) is 6.21 Å². The Bertz CT molecular complexity index is 105. The molecular weight excluding hydrogens is 126 g/mol. The Balaban J connectivity index is 2.19. The highest BCUT2D eigenvalue weighted by Crippen LogP contribution is 1.91. The van der Waals surface area contributed by atoms with Gasteiger partial charge in [-0.2, -0.15) is 5.10 Å². The van der Waals surface area contributed by atoms with E-state index in [1.54, 1.807) is 0 Å². The van der Waals surface area contributed by atoms with Crippen molar-refractivity contribution in [1.82, 2.24) is 10.3 Å². The minimum absolute atomic E-state index is 1.03. The molecule has 0 aliphatic carbocycles. The van der Waals surface area contributed by atoms with Crippen molar-refractivity contribution in [2.75, 3.05) is 26.2 Å². The lowest BCUT2D eigenvalue weighted by Gasteiger charge is -2.24. The maximum Gasteiger partial charge on any atom is 0.0485 e. The molecule has 0 radical (unpaired) electrons. The van der Waals surface area contributed by atoms with Gasteiger partial charge in [0, 0.05) is 32.4 Å². The summed E-state index contributed by atoms with van der Waals surface area (Å²) in [6, 6.07) is 0. The van der Waals surface area contributed by atoms with Crippen LogP contribution in [0.2, 0.25) is 0 Å². The quantitative estimate of drug-likeness (QED) is 0.560. The number of rotatable bonds is 2. The molecule has 58 valence electrons. The number of piperazine rings is 1. The van der Waals surface area contributed by atoms with Crippen LogP contribution in [0.15, 0.2) is 5.10 Å². The van der Waals surface area contributed by atoms with Crippen molar-refractivity contribution in [3.05, 3.63) is 0 Å². The van der Waals surface area contributed by atoms with Gasteiger partial charge in [0.15, 0.2) is 0 Å². The van der Waals surface area contributed by atoms with E-state index in [0.29, 0.717) is 0 Å². The lowest BCUT2D eigenvalue weighted by molar-refractivity contribution is 0.253. The van der Waals surface area contributed by atoms with Crippen molar-refractivity contribution in [1.29, 1.82) is 0 Å². The molecule has 1 heterocycles. The summed E-state index contributed by atoms with van der Waals surface area (Å²) in [5.74, 6) is 0. The third kappa shape index (κ3) is 2.35. The van der Waals surface area contributed by atoms with E-state index in [9.17, 15) is 0 Å². The van der Waals surface area contributed by atoms with E-state index in [0.717, 1.165) is 32.6 Å². The molecule has 0 aromatic heterocycles. The lowest BCUT2D eigenvalue weighted by Crippen LogP contribution is -2.40. The molecule has 0 aromatic carbocycles. The predicted molar refractivity (Wildman–Crippen MR) is 43.2 cm³/mol. The van der Waals surface area contributed by atoms with E-state index >= 15 is 0 Å². The maximum atomic E-state index is 4.27. The molecule has 1 aliphatic heterocycles. The van der Waals surface area contributed by atoms with Crippen molar-refractivity contribution in [3.8, 4) is 0 Å². The first-order valence-electron chi connectivity index (χ1n) is 3.91. The van der Waals surface area contributed by atoms with Crippen molar-refractivity contribution >= 4 is 6.21 Å². The van der Waals surface area contributed by atoms with Crippen LogP contribution in [0, 0.1) is 0 Å². The molecule has 0 spiro atoms. The van der Waals surface area contributed by atoms with Gasteiger partial charge in [-0.1, -0.05) is 6.92 Å². The first-order chi connectivity index (χ1) is 4.93. The Morgan fingerprint density at radius 3 is 2.80 bits per heavy atom. The van der Waals surface area contributed by atoms with E-state index in [2.05, 4.69) is 22.4 Å². The highest BCUT2D eigenvalue weighted by molar-refractivity contribution is 5.56. The first kappa shape index (κ1) is 7.54. The average Bonchev–Trinajstić information content (AvgIpc) is 2.03. The second-order valence-corrected chi connectivity index (χ2v) is 2.41. The highest BCUT2D eigenvalue weighted by atomic mass is 15.5. The van der Waals surface area contributed by atoms with Crippen LogP contribution < -0.4 is 5.32 Å². The summed E-state index contributed by atoms with van der Waals surface area (Å²) in [5, 5.41) is 9.66. The van der Waals surface area contributed by atoms with Gasteiger partial charge in [-0.3, -0.25) is 5.01 Å². The fourth-order valence-corrected chi connectivity index (χ4v) is 0.966. The first-order valence-corrected chi connectivity index (χ1v) is 3.91. The van der Waals surface area contributed by atoms with Crippen LogP contribution in [-0.2, 0) is 0 Å². The molecule has 1 rings (SSSR count). The molecule has 1 N–H and O–H groups in total. The number of hydrogen-bond donors (Lipinski definition) is 1. The third-order valence-electron chi connectivity index (χ3n) is 1.52. The topological polar surface area (TPSA) is 27.6 Å². The Morgan fingerprint density at radius 2 is 2.20 bits per heavy atom. The van der Waals surface area contributed by atoms with Crippen molar-refractivity contribution in [3.63, 3.8) is 0 Å². The zero-order valence-electron chi connectivity index (χ0n) is 6.51. The summed E-state index contributed by atoms with van der Waals surface area (Å²) in [7, 11) is 0. The summed E-state index contributed by atoms with van der Waals surface area (Å²) < 4.78 is 0. The van der Waals surface area contributed by atoms with Gasteiger partial charge in [0.05, 0.1) is 0 Å². The van der Waals surface area contributed by atoms with Gasteiger partial charge in [0.2, 0.25) is 0 Å². The van der Waals surface area contributed by atoms with Gasteiger partial charge < -0.3 is 5.32 Å².